The second-order valence-electron chi connectivity index (χ2n) is 6.03. The highest BCUT2D eigenvalue weighted by Gasteiger charge is 2.24. The van der Waals surface area contributed by atoms with Gasteiger partial charge in [0.05, 0.1) is 12.6 Å². The quantitative estimate of drug-likeness (QED) is 0.566. The lowest BCUT2D eigenvalue weighted by atomic mass is 9.85. The van der Waals surface area contributed by atoms with Crippen molar-refractivity contribution in [3.8, 4) is 0 Å². The Kier molecular flexibility index (Phi) is 5.57. The van der Waals surface area contributed by atoms with Gasteiger partial charge in [0, 0.05) is 25.3 Å². The van der Waals surface area contributed by atoms with E-state index in [-0.39, 0.29) is 5.41 Å². The average Bonchev–Trinajstić information content (AvgIpc) is 2.94. The van der Waals surface area contributed by atoms with Crippen LogP contribution in [0.3, 0.4) is 0 Å². The smallest absolute Gasteiger partial charge is 0.0704 e. The summed E-state index contributed by atoms with van der Waals surface area (Å²) in [7, 11) is 1.75. The van der Waals surface area contributed by atoms with Crippen molar-refractivity contribution in [3.05, 3.63) is 48.6 Å². The van der Waals surface area contributed by atoms with Crippen LogP contribution in [0.1, 0.15) is 25.3 Å². The molecule has 0 amide bonds. The molecule has 21 heavy (non-hydrogen) atoms. The van der Waals surface area contributed by atoms with Crippen molar-refractivity contribution in [2.24, 2.45) is 10.5 Å². The molecule has 0 aromatic heterocycles. The Balaban J connectivity index is 2.03. The van der Waals surface area contributed by atoms with Crippen molar-refractivity contribution in [2.75, 3.05) is 20.3 Å². The predicted octanol–water partition coefficient (Wildman–Crippen LogP) is 3.52. The topological polar surface area (TPSA) is 24.8 Å². The number of benzene rings is 1. The third-order valence-corrected chi connectivity index (χ3v) is 4.10. The van der Waals surface area contributed by atoms with Crippen molar-refractivity contribution in [1.82, 2.24) is 5.01 Å². The minimum absolute atomic E-state index is 0.123. The molecule has 1 saturated heterocycles. The highest BCUT2D eigenvalue weighted by atomic mass is 16.5. The van der Waals surface area contributed by atoms with Crippen LogP contribution < -0.4 is 0 Å². The van der Waals surface area contributed by atoms with Gasteiger partial charge in [-0.1, -0.05) is 43.3 Å². The number of allylic oxidation sites excluding steroid dienone is 1. The number of hydrogen-bond acceptors (Lipinski definition) is 3. The van der Waals surface area contributed by atoms with Crippen LogP contribution in [-0.4, -0.2) is 37.5 Å². The Labute approximate surface area is 128 Å². The zero-order valence-electron chi connectivity index (χ0n) is 13.2. The monoisotopic (exact) mass is 286 g/mol. The summed E-state index contributed by atoms with van der Waals surface area (Å²) in [6.45, 7) is 7.94. The Morgan fingerprint density at radius 2 is 2.19 bits per heavy atom. The van der Waals surface area contributed by atoms with E-state index in [1.807, 2.05) is 18.4 Å². The van der Waals surface area contributed by atoms with Crippen LogP contribution in [0.4, 0.5) is 0 Å². The maximum atomic E-state index is 5.27. The maximum absolute atomic E-state index is 5.27. The molecule has 1 aromatic carbocycles. The zero-order chi connectivity index (χ0) is 15.1. The van der Waals surface area contributed by atoms with Gasteiger partial charge in [-0.15, -0.1) is 6.58 Å². The van der Waals surface area contributed by atoms with Crippen LogP contribution in [0.2, 0.25) is 0 Å². The van der Waals surface area contributed by atoms with Crippen LogP contribution in [0.25, 0.3) is 0 Å². The van der Waals surface area contributed by atoms with Gasteiger partial charge in [-0.3, -0.25) is 5.01 Å². The number of nitrogens with zero attached hydrogens (tertiary/aromatic N) is 2. The summed E-state index contributed by atoms with van der Waals surface area (Å²) in [5, 5.41) is 6.88. The molecular formula is C18H26N2O. The lowest BCUT2D eigenvalue weighted by Gasteiger charge is -2.25. The summed E-state index contributed by atoms with van der Waals surface area (Å²) >= 11 is 0. The van der Waals surface area contributed by atoms with Crippen molar-refractivity contribution in [1.29, 1.82) is 0 Å². The van der Waals surface area contributed by atoms with Crippen LogP contribution >= 0.6 is 0 Å². The SMILES string of the molecule is C=C[C@@](C)(/C=N/N1CCC[C@H]1COC)Cc1ccccc1. The number of hydrazone groups is 1. The highest BCUT2D eigenvalue weighted by molar-refractivity contribution is 5.68. The third-order valence-electron chi connectivity index (χ3n) is 4.10. The lowest BCUT2D eigenvalue weighted by molar-refractivity contribution is 0.118. The number of ether oxygens (including phenoxy) is 1. The first kappa shape index (κ1) is 15.8. The molecule has 0 spiro atoms. The van der Waals surface area contributed by atoms with Gasteiger partial charge in [0.25, 0.3) is 0 Å². The van der Waals surface area contributed by atoms with E-state index in [4.69, 9.17) is 9.84 Å². The molecule has 0 unspecified atom stereocenters. The van der Waals surface area contributed by atoms with E-state index in [1.165, 1.54) is 12.0 Å². The molecule has 114 valence electrons. The Bertz CT molecular complexity index is 471. The predicted molar refractivity (Wildman–Crippen MR) is 88.5 cm³/mol. The summed E-state index contributed by atoms with van der Waals surface area (Å²) in [6, 6.07) is 10.9. The highest BCUT2D eigenvalue weighted by Crippen LogP contribution is 2.24. The van der Waals surface area contributed by atoms with Gasteiger partial charge in [0.2, 0.25) is 0 Å². The molecule has 0 aliphatic carbocycles. The Hall–Kier alpha value is -1.61. The molecule has 0 saturated carbocycles. The van der Waals surface area contributed by atoms with Gasteiger partial charge < -0.3 is 4.74 Å². The van der Waals surface area contributed by atoms with Crippen molar-refractivity contribution < 1.29 is 4.74 Å². The van der Waals surface area contributed by atoms with Crippen LogP contribution in [0.5, 0.6) is 0 Å². The molecule has 0 bridgehead atoms. The van der Waals surface area contributed by atoms with Gasteiger partial charge in [0.15, 0.2) is 0 Å². The molecule has 1 aliphatic heterocycles. The second-order valence-corrected chi connectivity index (χ2v) is 6.03. The van der Waals surface area contributed by atoms with E-state index in [1.54, 1.807) is 7.11 Å². The van der Waals surface area contributed by atoms with Crippen molar-refractivity contribution in [3.63, 3.8) is 0 Å². The van der Waals surface area contributed by atoms with Crippen LogP contribution in [0.15, 0.2) is 48.1 Å². The molecule has 2 atom stereocenters. The van der Waals surface area contributed by atoms with Gasteiger partial charge in [0.1, 0.15) is 0 Å². The molecule has 3 heteroatoms. The average molecular weight is 286 g/mol. The van der Waals surface area contributed by atoms with E-state index >= 15 is 0 Å². The molecule has 0 N–H and O–H groups in total. The summed E-state index contributed by atoms with van der Waals surface area (Å²) in [6.07, 6.45) is 7.30. The summed E-state index contributed by atoms with van der Waals surface area (Å²) in [5.74, 6) is 0. The minimum Gasteiger partial charge on any atom is -0.382 e. The Morgan fingerprint density at radius 3 is 2.86 bits per heavy atom. The fraction of sp³-hybridized carbons (Fsp3) is 0.500. The van der Waals surface area contributed by atoms with Crippen molar-refractivity contribution in [2.45, 2.75) is 32.2 Å². The minimum atomic E-state index is -0.123. The largest absolute Gasteiger partial charge is 0.382 e. The number of rotatable bonds is 7. The Morgan fingerprint density at radius 1 is 1.43 bits per heavy atom. The van der Waals surface area contributed by atoms with E-state index in [2.05, 4.69) is 42.8 Å². The van der Waals surface area contributed by atoms with Gasteiger partial charge in [-0.25, -0.2) is 0 Å². The molecular weight excluding hydrogens is 260 g/mol. The van der Waals surface area contributed by atoms with E-state index < -0.39 is 0 Å². The molecule has 1 aliphatic rings. The lowest BCUT2D eigenvalue weighted by Crippen LogP contribution is -2.30. The molecule has 1 fully saturated rings. The maximum Gasteiger partial charge on any atom is 0.0704 e. The van der Waals surface area contributed by atoms with Crippen LogP contribution in [0, 0.1) is 5.41 Å². The summed E-state index contributed by atoms with van der Waals surface area (Å²) in [5.41, 5.74) is 1.18. The van der Waals surface area contributed by atoms with Gasteiger partial charge in [-0.2, -0.15) is 5.10 Å². The molecule has 1 heterocycles. The standard InChI is InChI=1S/C18H26N2O/c1-4-18(2,13-16-9-6-5-7-10-16)15-19-20-12-8-11-17(20)14-21-3/h4-7,9-10,15,17H,1,8,11-14H2,2-3H3/b19-15+/t17-,18+/m0/s1. The summed E-state index contributed by atoms with van der Waals surface area (Å²) in [4.78, 5) is 0. The molecule has 2 rings (SSSR count). The molecule has 1 aromatic rings. The summed E-state index contributed by atoms with van der Waals surface area (Å²) < 4.78 is 5.27. The normalized spacial score (nSPS) is 21.6. The van der Waals surface area contributed by atoms with E-state index in [0.29, 0.717) is 6.04 Å². The third kappa shape index (κ3) is 4.43. The number of methoxy groups -OCH3 is 1. The second kappa shape index (κ2) is 7.41. The fourth-order valence-corrected chi connectivity index (χ4v) is 2.75. The van der Waals surface area contributed by atoms with E-state index in [9.17, 15) is 0 Å². The molecule has 0 radical (unpaired) electrons. The van der Waals surface area contributed by atoms with Gasteiger partial charge >= 0.3 is 0 Å². The first-order valence-corrected chi connectivity index (χ1v) is 7.65. The number of hydrogen-bond donors (Lipinski definition) is 0. The first-order valence-electron chi connectivity index (χ1n) is 7.65. The van der Waals surface area contributed by atoms with Crippen molar-refractivity contribution >= 4 is 6.21 Å². The van der Waals surface area contributed by atoms with Gasteiger partial charge in [-0.05, 0) is 24.8 Å². The van der Waals surface area contributed by atoms with E-state index in [0.717, 1.165) is 26.0 Å². The molecule has 3 nitrogen and oxygen atoms in total. The first-order chi connectivity index (χ1) is 10.2. The fourth-order valence-electron chi connectivity index (χ4n) is 2.75. The zero-order valence-corrected chi connectivity index (χ0v) is 13.2. The van der Waals surface area contributed by atoms with Crippen LogP contribution in [-0.2, 0) is 11.2 Å².